The van der Waals surface area contributed by atoms with Gasteiger partial charge < -0.3 is 20.5 Å². The molecule has 0 radical (unpaired) electrons. The van der Waals surface area contributed by atoms with Crippen LogP contribution in [0.1, 0.15) is 24.0 Å². The van der Waals surface area contributed by atoms with Crippen LogP contribution >= 0.6 is 0 Å². The molecular formula is C16H22N2O4. The predicted octanol–water partition coefficient (Wildman–Crippen LogP) is 0.214. The van der Waals surface area contributed by atoms with Crippen molar-refractivity contribution in [2.45, 2.75) is 31.5 Å². The summed E-state index contributed by atoms with van der Waals surface area (Å²) >= 11 is 0. The number of nitrogens with zero attached hydrogens (tertiary/aromatic N) is 1. The van der Waals surface area contributed by atoms with Crippen molar-refractivity contribution in [1.82, 2.24) is 4.90 Å². The molecule has 0 bridgehead atoms. The number of primary amides is 1. The van der Waals surface area contributed by atoms with E-state index in [9.17, 15) is 14.7 Å². The lowest BCUT2D eigenvalue weighted by atomic mass is 9.92. The van der Waals surface area contributed by atoms with E-state index in [0.717, 1.165) is 11.1 Å². The third-order valence-electron chi connectivity index (χ3n) is 3.94. The van der Waals surface area contributed by atoms with E-state index in [4.69, 9.17) is 10.5 Å². The Balaban J connectivity index is 2.02. The highest BCUT2D eigenvalue weighted by atomic mass is 16.5. The molecule has 2 rings (SSSR count). The maximum Gasteiger partial charge on any atom is 0.251 e. The van der Waals surface area contributed by atoms with Crippen LogP contribution in [-0.2, 0) is 27.4 Å². The Morgan fingerprint density at radius 1 is 1.41 bits per heavy atom. The number of β-amino-alcohol motifs (C(OH)–C–C–N with tert-alkyl or cyclic N) is 1. The van der Waals surface area contributed by atoms with Crippen molar-refractivity contribution in [2.75, 3.05) is 20.2 Å². The van der Waals surface area contributed by atoms with Gasteiger partial charge in [-0.25, -0.2) is 0 Å². The maximum atomic E-state index is 12.4. The number of carbonyl (C=O) groups is 2. The van der Waals surface area contributed by atoms with Crippen molar-refractivity contribution in [3.8, 4) is 0 Å². The summed E-state index contributed by atoms with van der Waals surface area (Å²) in [6.45, 7) is 0.998. The predicted molar refractivity (Wildman–Crippen MR) is 80.8 cm³/mol. The van der Waals surface area contributed by atoms with Crippen molar-refractivity contribution in [1.29, 1.82) is 0 Å². The van der Waals surface area contributed by atoms with Crippen LogP contribution in [0.5, 0.6) is 0 Å². The van der Waals surface area contributed by atoms with Gasteiger partial charge in [0.1, 0.15) is 0 Å². The molecule has 2 amide bonds. The van der Waals surface area contributed by atoms with Crippen LogP contribution in [0.2, 0.25) is 0 Å². The van der Waals surface area contributed by atoms with E-state index in [1.54, 1.807) is 7.11 Å². The molecule has 0 aromatic heterocycles. The van der Waals surface area contributed by atoms with Crippen molar-refractivity contribution >= 4 is 11.8 Å². The van der Waals surface area contributed by atoms with Crippen molar-refractivity contribution in [2.24, 2.45) is 5.73 Å². The number of rotatable bonds is 5. The number of aliphatic hydroxyl groups is 1. The third kappa shape index (κ3) is 3.84. The molecule has 1 aliphatic rings. The number of piperidine rings is 1. The summed E-state index contributed by atoms with van der Waals surface area (Å²) in [7, 11) is 1.62. The molecule has 6 heteroatoms. The molecule has 0 saturated carbocycles. The average molecular weight is 306 g/mol. The zero-order valence-corrected chi connectivity index (χ0v) is 12.7. The molecule has 1 aromatic rings. The minimum absolute atomic E-state index is 0.0288. The normalized spacial score (nSPS) is 21.6. The number of amides is 2. The van der Waals surface area contributed by atoms with E-state index >= 15 is 0 Å². The minimum Gasteiger partial charge on any atom is -0.380 e. The molecule has 1 fully saturated rings. The summed E-state index contributed by atoms with van der Waals surface area (Å²) in [6.07, 6.45) is 1.09. The van der Waals surface area contributed by atoms with E-state index < -0.39 is 11.5 Å². The van der Waals surface area contributed by atoms with E-state index in [2.05, 4.69) is 0 Å². The Labute approximate surface area is 129 Å². The van der Waals surface area contributed by atoms with Crippen LogP contribution in [-0.4, -0.2) is 47.6 Å². The third-order valence-corrected chi connectivity index (χ3v) is 3.94. The molecular weight excluding hydrogens is 284 g/mol. The summed E-state index contributed by atoms with van der Waals surface area (Å²) in [5, 5.41) is 10.2. The molecule has 0 unspecified atom stereocenters. The van der Waals surface area contributed by atoms with Gasteiger partial charge >= 0.3 is 0 Å². The van der Waals surface area contributed by atoms with Gasteiger partial charge in [-0.1, -0.05) is 24.3 Å². The first-order chi connectivity index (χ1) is 10.4. The van der Waals surface area contributed by atoms with Gasteiger partial charge in [0, 0.05) is 13.7 Å². The number of ether oxygens (including phenoxy) is 1. The van der Waals surface area contributed by atoms with Crippen LogP contribution in [0.25, 0.3) is 0 Å². The summed E-state index contributed by atoms with van der Waals surface area (Å²) in [5.74, 6) is -0.888. The number of hydrogen-bond donors (Lipinski definition) is 2. The molecule has 120 valence electrons. The first-order valence-electron chi connectivity index (χ1n) is 7.31. The fourth-order valence-electron chi connectivity index (χ4n) is 2.73. The molecule has 0 spiro atoms. The smallest absolute Gasteiger partial charge is 0.251 e. The second-order valence-electron chi connectivity index (χ2n) is 5.74. The fraction of sp³-hybridized carbons (Fsp3) is 0.500. The van der Waals surface area contributed by atoms with Crippen LogP contribution in [0.15, 0.2) is 24.3 Å². The van der Waals surface area contributed by atoms with Gasteiger partial charge in [0.2, 0.25) is 5.91 Å². The Morgan fingerprint density at radius 3 is 2.82 bits per heavy atom. The van der Waals surface area contributed by atoms with Gasteiger partial charge in [-0.3, -0.25) is 9.59 Å². The van der Waals surface area contributed by atoms with E-state index in [1.165, 1.54) is 4.90 Å². The highest BCUT2D eigenvalue weighted by molar-refractivity contribution is 5.85. The zero-order valence-electron chi connectivity index (χ0n) is 12.7. The molecule has 3 N–H and O–H groups in total. The Bertz CT molecular complexity index is 561. The largest absolute Gasteiger partial charge is 0.380 e. The van der Waals surface area contributed by atoms with Gasteiger partial charge in [-0.05, 0) is 24.0 Å². The summed E-state index contributed by atoms with van der Waals surface area (Å²) in [4.78, 5) is 25.2. The molecule has 1 atom stereocenters. The molecule has 22 heavy (non-hydrogen) atoms. The molecule has 1 heterocycles. The minimum atomic E-state index is -1.61. The monoisotopic (exact) mass is 306 g/mol. The molecule has 6 nitrogen and oxygen atoms in total. The highest BCUT2D eigenvalue weighted by Gasteiger charge is 2.40. The number of likely N-dealkylation sites (tertiary alicyclic amines) is 1. The van der Waals surface area contributed by atoms with Crippen LogP contribution in [0, 0.1) is 0 Å². The number of hydrogen-bond acceptors (Lipinski definition) is 4. The molecule has 1 aromatic carbocycles. The molecule has 0 aliphatic carbocycles. The molecule has 1 saturated heterocycles. The Hall–Kier alpha value is -1.92. The lowest BCUT2D eigenvalue weighted by molar-refractivity contribution is -0.148. The first kappa shape index (κ1) is 16.5. The van der Waals surface area contributed by atoms with Crippen molar-refractivity contribution in [3.63, 3.8) is 0 Å². The van der Waals surface area contributed by atoms with Gasteiger partial charge in [0.25, 0.3) is 5.91 Å². The van der Waals surface area contributed by atoms with Crippen LogP contribution in [0.4, 0.5) is 0 Å². The first-order valence-corrected chi connectivity index (χ1v) is 7.31. The standard InChI is InChI=1S/C16H22N2O4/c1-22-10-13-5-2-4-12(8-13)9-14(19)18-7-3-6-16(21,11-18)15(17)20/h2,4-5,8,21H,3,6-7,9-11H2,1H3,(H2,17,20)/t16-/m1/s1. The quantitative estimate of drug-likeness (QED) is 0.813. The number of carbonyl (C=O) groups excluding carboxylic acids is 2. The number of benzene rings is 1. The number of methoxy groups -OCH3 is 1. The molecule has 1 aliphatic heterocycles. The van der Waals surface area contributed by atoms with Crippen LogP contribution < -0.4 is 5.73 Å². The fourth-order valence-corrected chi connectivity index (χ4v) is 2.73. The van der Waals surface area contributed by atoms with Gasteiger partial charge in [-0.2, -0.15) is 0 Å². The Morgan fingerprint density at radius 2 is 2.14 bits per heavy atom. The summed E-state index contributed by atoms with van der Waals surface area (Å²) in [6, 6.07) is 7.62. The summed E-state index contributed by atoms with van der Waals surface area (Å²) in [5.41, 5.74) is 5.51. The second-order valence-corrected chi connectivity index (χ2v) is 5.74. The van der Waals surface area contributed by atoms with Gasteiger partial charge in [0.05, 0.1) is 19.6 Å². The lowest BCUT2D eigenvalue weighted by Gasteiger charge is -2.37. The van der Waals surface area contributed by atoms with Crippen molar-refractivity contribution < 1.29 is 19.4 Å². The van der Waals surface area contributed by atoms with Crippen LogP contribution in [0.3, 0.4) is 0 Å². The van der Waals surface area contributed by atoms with E-state index in [-0.39, 0.29) is 18.9 Å². The summed E-state index contributed by atoms with van der Waals surface area (Å²) < 4.78 is 5.08. The number of nitrogens with two attached hydrogens (primary N) is 1. The topological polar surface area (TPSA) is 92.9 Å². The van der Waals surface area contributed by atoms with Crippen molar-refractivity contribution in [3.05, 3.63) is 35.4 Å². The van der Waals surface area contributed by atoms with E-state index in [1.807, 2.05) is 24.3 Å². The van der Waals surface area contributed by atoms with Gasteiger partial charge in [0.15, 0.2) is 5.60 Å². The zero-order chi connectivity index (χ0) is 16.2. The van der Waals surface area contributed by atoms with Gasteiger partial charge in [-0.15, -0.1) is 0 Å². The lowest BCUT2D eigenvalue weighted by Crippen LogP contribution is -2.57. The SMILES string of the molecule is COCc1cccc(CC(=O)N2CCC[C@](O)(C(N)=O)C2)c1. The Kier molecular flexibility index (Phi) is 5.15. The van der Waals surface area contributed by atoms with E-state index in [0.29, 0.717) is 26.0 Å². The maximum absolute atomic E-state index is 12.4. The second kappa shape index (κ2) is 6.89. The highest BCUT2D eigenvalue weighted by Crippen LogP contribution is 2.21. The average Bonchev–Trinajstić information content (AvgIpc) is 2.48.